The Morgan fingerprint density at radius 3 is 2.00 bits per heavy atom. The fourth-order valence-electron chi connectivity index (χ4n) is 4.46. The van der Waals surface area contributed by atoms with Gasteiger partial charge in [0.2, 0.25) is 0 Å². The third-order valence-electron chi connectivity index (χ3n) is 6.38. The molecule has 0 aliphatic carbocycles. The largest absolute Gasteiger partial charge is 0.411 e. The van der Waals surface area contributed by atoms with Gasteiger partial charge in [-0.05, 0) is 28.4 Å². The van der Waals surface area contributed by atoms with Crippen LogP contribution in [0.3, 0.4) is 0 Å². The molecular formula is C28H41N3O3Si2. The Bertz CT molecular complexity index is 1090. The molecule has 2 aromatic carbocycles. The standard InChI is InChI=1S/C28H41N3O3Si2/c1-23(30-32)27-29-24(20-31(27)22-33-18-19-35(5,6)7)21-34-36(28(2,3)4,25-14-10-8-11-15-25)26-16-12-9-13-17-26/h8-17,20,32H,18-19,21-22H2,1-7H3. The van der Waals surface area contributed by atoms with Gasteiger partial charge in [0.1, 0.15) is 12.4 Å². The van der Waals surface area contributed by atoms with Crippen LogP contribution in [-0.2, 0) is 22.5 Å². The lowest BCUT2D eigenvalue weighted by molar-refractivity contribution is 0.0866. The number of ether oxygens (including phenoxy) is 1. The molecule has 0 radical (unpaired) electrons. The summed E-state index contributed by atoms with van der Waals surface area (Å²) in [7, 11) is -3.86. The molecule has 0 saturated carbocycles. The normalized spacial score (nSPS) is 13.2. The van der Waals surface area contributed by atoms with Crippen molar-refractivity contribution in [2.45, 2.75) is 71.8 Å². The van der Waals surface area contributed by atoms with Gasteiger partial charge in [0, 0.05) is 20.9 Å². The first-order valence-corrected chi connectivity index (χ1v) is 18.2. The summed E-state index contributed by atoms with van der Waals surface area (Å²) < 4.78 is 14.9. The Labute approximate surface area is 218 Å². The average Bonchev–Trinajstić information content (AvgIpc) is 3.24. The molecule has 0 aliphatic heterocycles. The van der Waals surface area contributed by atoms with E-state index >= 15 is 0 Å². The van der Waals surface area contributed by atoms with Crippen LogP contribution in [0.5, 0.6) is 0 Å². The van der Waals surface area contributed by atoms with E-state index in [0.717, 1.165) is 11.7 Å². The summed E-state index contributed by atoms with van der Waals surface area (Å²) >= 11 is 0. The number of hydrogen-bond donors (Lipinski definition) is 1. The van der Waals surface area contributed by atoms with Crippen molar-refractivity contribution in [3.05, 3.63) is 78.4 Å². The van der Waals surface area contributed by atoms with Gasteiger partial charge >= 0.3 is 0 Å². The van der Waals surface area contributed by atoms with Gasteiger partial charge in [0.15, 0.2) is 5.82 Å². The molecule has 194 valence electrons. The molecule has 36 heavy (non-hydrogen) atoms. The third kappa shape index (κ3) is 6.61. The van der Waals surface area contributed by atoms with Gasteiger partial charge in [-0.3, -0.25) is 0 Å². The van der Waals surface area contributed by atoms with Crippen molar-refractivity contribution < 1.29 is 14.4 Å². The average molecular weight is 524 g/mol. The Balaban J connectivity index is 1.94. The second-order valence-electron chi connectivity index (χ2n) is 11.5. The van der Waals surface area contributed by atoms with Crippen LogP contribution in [0.25, 0.3) is 0 Å². The zero-order valence-corrected chi connectivity index (χ0v) is 24.8. The SMILES string of the molecule is CC(=NO)c1nc(CO[Si](c2ccccc2)(c2ccccc2)C(C)(C)C)cn1COCC[Si](C)(C)C. The summed E-state index contributed by atoms with van der Waals surface area (Å²) in [6.45, 7) is 16.9. The van der Waals surface area contributed by atoms with Crippen LogP contribution in [0.4, 0.5) is 0 Å². The summed E-state index contributed by atoms with van der Waals surface area (Å²) in [5.74, 6) is 0.589. The fraction of sp³-hybridized carbons (Fsp3) is 0.429. The Hall–Kier alpha value is -2.53. The maximum Gasteiger partial charge on any atom is 0.261 e. The fourth-order valence-corrected chi connectivity index (χ4v) is 9.73. The van der Waals surface area contributed by atoms with Crippen molar-refractivity contribution in [3.8, 4) is 0 Å². The van der Waals surface area contributed by atoms with E-state index in [1.807, 2.05) is 22.9 Å². The Kier molecular flexibility index (Phi) is 9.10. The Morgan fingerprint density at radius 1 is 0.972 bits per heavy atom. The highest BCUT2D eigenvalue weighted by Gasteiger charge is 2.50. The van der Waals surface area contributed by atoms with Crippen LogP contribution >= 0.6 is 0 Å². The van der Waals surface area contributed by atoms with Crippen molar-refractivity contribution >= 4 is 32.5 Å². The molecule has 0 spiro atoms. The summed E-state index contributed by atoms with van der Waals surface area (Å²) in [4.78, 5) is 4.78. The van der Waals surface area contributed by atoms with E-state index in [9.17, 15) is 5.21 Å². The van der Waals surface area contributed by atoms with E-state index in [1.165, 1.54) is 10.4 Å². The van der Waals surface area contributed by atoms with Crippen molar-refractivity contribution in [2.24, 2.45) is 5.16 Å². The number of nitrogens with zero attached hydrogens (tertiary/aromatic N) is 3. The third-order valence-corrected chi connectivity index (χ3v) is 13.1. The molecule has 0 unspecified atom stereocenters. The van der Waals surface area contributed by atoms with E-state index in [4.69, 9.17) is 14.1 Å². The molecular weight excluding hydrogens is 482 g/mol. The lowest BCUT2D eigenvalue weighted by Crippen LogP contribution is -2.66. The number of imidazole rings is 1. The van der Waals surface area contributed by atoms with Crippen molar-refractivity contribution in [1.29, 1.82) is 0 Å². The van der Waals surface area contributed by atoms with Crippen LogP contribution in [0, 0.1) is 0 Å². The second-order valence-corrected chi connectivity index (χ2v) is 21.4. The second kappa shape index (κ2) is 11.7. The number of oxime groups is 1. The van der Waals surface area contributed by atoms with Gasteiger partial charge in [0.25, 0.3) is 8.32 Å². The molecule has 1 heterocycles. The van der Waals surface area contributed by atoms with Crippen molar-refractivity contribution in [2.75, 3.05) is 6.61 Å². The highest BCUT2D eigenvalue weighted by atomic mass is 28.4. The van der Waals surface area contributed by atoms with E-state index in [1.54, 1.807) is 6.92 Å². The molecule has 0 saturated heterocycles. The molecule has 1 N–H and O–H groups in total. The number of benzene rings is 2. The molecule has 0 amide bonds. The smallest absolute Gasteiger partial charge is 0.261 e. The minimum atomic E-state index is -2.68. The minimum Gasteiger partial charge on any atom is -0.411 e. The van der Waals surface area contributed by atoms with Gasteiger partial charge in [-0.25, -0.2) is 4.98 Å². The van der Waals surface area contributed by atoms with Crippen LogP contribution in [-0.4, -0.2) is 43.5 Å². The molecule has 8 heteroatoms. The van der Waals surface area contributed by atoms with Crippen molar-refractivity contribution in [1.82, 2.24) is 9.55 Å². The molecule has 6 nitrogen and oxygen atoms in total. The Morgan fingerprint density at radius 2 is 1.53 bits per heavy atom. The maximum absolute atomic E-state index is 9.44. The van der Waals surface area contributed by atoms with E-state index in [2.05, 4.69) is 94.1 Å². The van der Waals surface area contributed by atoms with Gasteiger partial charge in [-0.2, -0.15) is 0 Å². The summed E-state index contributed by atoms with van der Waals surface area (Å²) in [6.07, 6.45) is 1.95. The highest BCUT2D eigenvalue weighted by molar-refractivity contribution is 6.99. The molecule has 3 rings (SSSR count). The first-order chi connectivity index (χ1) is 17.0. The first kappa shape index (κ1) is 28.1. The monoisotopic (exact) mass is 523 g/mol. The van der Waals surface area contributed by atoms with Crippen molar-refractivity contribution in [3.63, 3.8) is 0 Å². The van der Waals surface area contributed by atoms with E-state index in [-0.39, 0.29) is 5.04 Å². The predicted octanol–water partition coefficient (Wildman–Crippen LogP) is 5.47. The molecule has 3 aromatic rings. The molecule has 0 aliphatic rings. The predicted molar refractivity (Wildman–Crippen MR) is 153 cm³/mol. The van der Waals surface area contributed by atoms with Gasteiger partial charge in [-0.1, -0.05) is 106 Å². The van der Waals surface area contributed by atoms with Gasteiger partial charge in [-0.15, -0.1) is 0 Å². The lowest BCUT2D eigenvalue weighted by Gasteiger charge is -2.42. The molecule has 0 fully saturated rings. The highest BCUT2D eigenvalue weighted by Crippen LogP contribution is 2.37. The zero-order valence-electron chi connectivity index (χ0n) is 22.8. The molecule has 1 aromatic heterocycles. The quantitative estimate of drug-likeness (QED) is 0.119. The van der Waals surface area contributed by atoms with Gasteiger partial charge < -0.3 is 18.9 Å². The summed E-state index contributed by atoms with van der Waals surface area (Å²) in [5.41, 5.74) is 1.23. The van der Waals surface area contributed by atoms with Gasteiger partial charge in [0.05, 0.1) is 12.3 Å². The molecule has 0 atom stereocenters. The maximum atomic E-state index is 9.44. The van der Waals surface area contributed by atoms with Crippen LogP contribution in [0.1, 0.15) is 39.2 Å². The topological polar surface area (TPSA) is 68.9 Å². The van der Waals surface area contributed by atoms with E-state index in [0.29, 0.717) is 31.5 Å². The zero-order chi connectivity index (χ0) is 26.4. The lowest BCUT2D eigenvalue weighted by atomic mass is 10.2. The summed E-state index contributed by atoms with van der Waals surface area (Å²) in [6, 6.07) is 22.3. The first-order valence-electron chi connectivity index (χ1n) is 12.6. The number of aromatic nitrogens is 2. The minimum absolute atomic E-state index is 0.121. The van der Waals surface area contributed by atoms with Crippen LogP contribution in [0.15, 0.2) is 72.0 Å². The van der Waals surface area contributed by atoms with Crippen LogP contribution in [0.2, 0.25) is 30.7 Å². The molecule has 0 bridgehead atoms. The number of hydrogen-bond acceptors (Lipinski definition) is 5. The van der Waals surface area contributed by atoms with Crippen LogP contribution < -0.4 is 10.4 Å². The van der Waals surface area contributed by atoms with E-state index < -0.39 is 16.4 Å². The summed E-state index contributed by atoms with van der Waals surface area (Å²) in [5, 5.41) is 15.2. The number of rotatable bonds is 11.